The van der Waals surface area contributed by atoms with Gasteiger partial charge in [-0.25, -0.2) is 4.79 Å². The molecule has 0 unspecified atom stereocenters. The van der Waals surface area contributed by atoms with Crippen molar-refractivity contribution in [3.05, 3.63) is 0 Å². The number of hydrogen-bond donors (Lipinski definition) is 4. The van der Waals surface area contributed by atoms with Crippen LogP contribution < -0.4 is 29.6 Å². The van der Waals surface area contributed by atoms with E-state index in [0.29, 0.717) is 0 Å². The molecule has 0 aromatic heterocycles. The van der Waals surface area contributed by atoms with Crippen molar-refractivity contribution in [3.8, 4) is 0 Å². The molecule has 9 heteroatoms. The molecule has 0 fully saturated rings. The molecule has 0 rings (SSSR count). The minimum Gasteiger partial charge on any atom is -1.00 e. The Hall–Kier alpha value is 0.0843. The van der Waals surface area contributed by atoms with Crippen molar-refractivity contribution in [1.29, 1.82) is 0 Å². The molecule has 0 saturated heterocycles. The first-order chi connectivity index (χ1) is 5.78. The van der Waals surface area contributed by atoms with Gasteiger partial charge in [0.1, 0.15) is 0 Å². The maximum Gasteiger partial charge on any atom is 1.00 e. The fraction of sp³-hybridized carbons (Fsp3) is 0.500. The Kier molecular flexibility index (Phi) is 11.3. The number of carboxylic acids is 3. The average molecular weight is 264 g/mol. The third kappa shape index (κ3) is 7.95. The zero-order chi connectivity index (χ0) is 10.6. The molecule has 4 N–H and O–H groups in total. The topological polar surface area (TPSA) is 132 Å². The first kappa shape index (κ1) is 20.5. The molecule has 0 saturated carbocycles. The van der Waals surface area contributed by atoms with Gasteiger partial charge in [-0.05, 0) is 0 Å². The van der Waals surface area contributed by atoms with E-state index in [1.165, 1.54) is 0 Å². The summed E-state index contributed by atoms with van der Waals surface area (Å²) in [6.07, 6.45) is -2.29. The molecule has 80 valence electrons. The monoisotopic (exact) mass is 264 g/mol. The molecule has 0 aliphatic heterocycles. The minimum atomic E-state index is -2.74. The van der Waals surface area contributed by atoms with Gasteiger partial charge in [-0.1, -0.05) is 0 Å². The molecule has 0 aromatic carbocycles. The van der Waals surface area contributed by atoms with Gasteiger partial charge in [-0.2, -0.15) is 0 Å². The van der Waals surface area contributed by atoms with E-state index in [1.54, 1.807) is 0 Å². The van der Waals surface area contributed by atoms with E-state index in [2.05, 4.69) is 0 Å². The van der Waals surface area contributed by atoms with Gasteiger partial charge >= 0.3 is 47.5 Å². The molecule has 0 aliphatic rings. The smallest absolute Gasteiger partial charge is 1.00 e. The largest absolute Gasteiger partial charge is 1.00 e. The SMILES string of the molecule is O=C(O)CC(O)(CC(=O)O)C(=O)O.[H-].[Na+].[Ti]. The Balaban J connectivity index is -0.000000240. The molecule has 0 radical (unpaired) electrons. The summed E-state index contributed by atoms with van der Waals surface area (Å²) in [5.74, 6) is -5.02. The van der Waals surface area contributed by atoms with Crippen molar-refractivity contribution < 1.29 is 87.5 Å². The van der Waals surface area contributed by atoms with Crippen LogP contribution in [0.25, 0.3) is 0 Å². The predicted octanol–water partition coefficient (Wildman–Crippen LogP) is -4.13. The molecule has 0 aliphatic carbocycles. The van der Waals surface area contributed by atoms with Crippen molar-refractivity contribution in [2.75, 3.05) is 0 Å². The summed E-state index contributed by atoms with van der Waals surface area (Å²) < 4.78 is 0. The van der Waals surface area contributed by atoms with Crippen LogP contribution in [0.15, 0.2) is 0 Å². The van der Waals surface area contributed by atoms with E-state index in [0.717, 1.165) is 0 Å². The first-order valence-corrected chi connectivity index (χ1v) is 3.17. The van der Waals surface area contributed by atoms with Gasteiger partial charge in [0.05, 0.1) is 12.8 Å². The summed E-state index contributed by atoms with van der Waals surface area (Å²) in [5, 5.41) is 33.8. The van der Waals surface area contributed by atoms with Crippen molar-refractivity contribution >= 4 is 17.9 Å². The van der Waals surface area contributed by atoms with E-state index in [9.17, 15) is 14.4 Å². The molecule has 0 atom stereocenters. The summed E-state index contributed by atoms with van der Waals surface area (Å²) in [5.41, 5.74) is -2.74. The van der Waals surface area contributed by atoms with Gasteiger partial charge < -0.3 is 21.9 Å². The Morgan fingerprint density at radius 1 is 1.00 bits per heavy atom. The third-order valence-electron chi connectivity index (χ3n) is 1.29. The van der Waals surface area contributed by atoms with Gasteiger partial charge in [0, 0.05) is 21.7 Å². The van der Waals surface area contributed by atoms with Crippen LogP contribution >= 0.6 is 0 Å². The van der Waals surface area contributed by atoms with Crippen LogP contribution in [-0.2, 0) is 36.1 Å². The van der Waals surface area contributed by atoms with Gasteiger partial charge in [0.15, 0.2) is 5.60 Å². The maximum atomic E-state index is 10.3. The van der Waals surface area contributed by atoms with Gasteiger partial charge in [0.25, 0.3) is 0 Å². The molecule has 0 bridgehead atoms. The zero-order valence-electron chi connectivity index (χ0n) is 8.93. The van der Waals surface area contributed by atoms with E-state index < -0.39 is 36.4 Å². The molecular weight excluding hydrogens is 255 g/mol. The fourth-order valence-corrected chi connectivity index (χ4v) is 0.714. The van der Waals surface area contributed by atoms with Gasteiger partial charge in [0.2, 0.25) is 0 Å². The third-order valence-corrected chi connectivity index (χ3v) is 1.29. The normalized spacial score (nSPS) is 9.40. The van der Waals surface area contributed by atoms with Crippen LogP contribution in [-0.4, -0.2) is 43.9 Å². The molecule has 15 heavy (non-hydrogen) atoms. The fourth-order valence-electron chi connectivity index (χ4n) is 0.714. The van der Waals surface area contributed by atoms with Crippen LogP contribution in [0, 0.1) is 0 Å². The number of aliphatic carboxylic acids is 3. The zero-order valence-corrected chi connectivity index (χ0v) is 11.5. The summed E-state index contributed by atoms with van der Waals surface area (Å²) in [4.78, 5) is 30.5. The van der Waals surface area contributed by atoms with E-state index in [-0.39, 0.29) is 52.7 Å². The van der Waals surface area contributed by atoms with Crippen molar-refractivity contribution in [3.63, 3.8) is 0 Å². The van der Waals surface area contributed by atoms with E-state index >= 15 is 0 Å². The van der Waals surface area contributed by atoms with Crippen molar-refractivity contribution in [2.45, 2.75) is 18.4 Å². The summed E-state index contributed by atoms with van der Waals surface area (Å²) >= 11 is 0. The second-order valence-corrected chi connectivity index (χ2v) is 2.48. The summed E-state index contributed by atoms with van der Waals surface area (Å²) in [6.45, 7) is 0. The number of rotatable bonds is 5. The number of hydrogen-bond acceptors (Lipinski definition) is 4. The average Bonchev–Trinajstić information content (AvgIpc) is 1.82. The van der Waals surface area contributed by atoms with Crippen LogP contribution in [0.2, 0.25) is 0 Å². The summed E-state index contributed by atoms with van der Waals surface area (Å²) in [6, 6.07) is 0. The molecule has 0 aromatic rings. The molecule has 0 amide bonds. The second kappa shape index (κ2) is 8.26. The van der Waals surface area contributed by atoms with Crippen LogP contribution in [0.4, 0.5) is 0 Å². The molecule has 0 spiro atoms. The van der Waals surface area contributed by atoms with Crippen LogP contribution in [0.3, 0.4) is 0 Å². The minimum absolute atomic E-state index is 0. The van der Waals surface area contributed by atoms with Gasteiger partial charge in [-0.15, -0.1) is 0 Å². The van der Waals surface area contributed by atoms with Crippen molar-refractivity contribution in [2.24, 2.45) is 0 Å². The quantitative estimate of drug-likeness (QED) is 0.371. The molecule has 7 nitrogen and oxygen atoms in total. The first-order valence-electron chi connectivity index (χ1n) is 3.17. The molecule has 0 heterocycles. The van der Waals surface area contributed by atoms with Crippen molar-refractivity contribution in [1.82, 2.24) is 0 Å². The Morgan fingerprint density at radius 2 is 1.27 bits per heavy atom. The standard InChI is InChI=1S/C6H8O7.Na.Ti.H/c7-3(8)1-6(13,5(11)12)2-4(9)10;;;/h13H,1-2H2,(H,7,8)(H,9,10)(H,11,12);;;/q;+1;;-1. The van der Waals surface area contributed by atoms with E-state index in [1.807, 2.05) is 0 Å². The second-order valence-electron chi connectivity index (χ2n) is 2.48. The number of carboxylic acid groups (broad SMARTS) is 3. The van der Waals surface area contributed by atoms with Crippen LogP contribution in [0.5, 0.6) is 0 Å². The molecular formula is C6H9NaO7Ti. The van der Waals surface area contributed by atoms with Gasteiger partial charge in [-0.3, -0.25) is 9.59 Å². The Labute approximate surface area is 123 Å². The number of aliphatic hydroxyl groups is 1. The Morgan fingerprint density at radius 3 is 1.40 bits per heavy atom. The maximum absolute atomic E-state index is 10.3. The van der Waals surface area contributed by atoms with E-state index in [4.69, 9.17) is 20.4 Å². The van der Waals surface area contributed by atoms with Crippen LogP contribution in [0.1, 0.15) is 14.3 Å². The Bertz CT molecular complexity index is 243. The summed E-state index contributed by atoms with van der Waals surface area (Å²) in [7, 11) is 0. The predicted molar refractivity (Wildman–Crippen MR) is 38.2 cm³/mol. The number of carbonyl (C=O) groups is 3.